The minimum atomic E-state index is -3.56. The molecule has 0 atom stereocenters. The van der Waals surface area contributed by atoms with Gasteiger partial charge in [0.2, 0.25) is 10.0 Å². The fourth-order valence-electron chi connectivity index (χ4n) is 2.36. The molecule has 2 rings (SSSR count). The molecule has 20 heavy (non-hydrogen) atoms. The van der Waals surface area contributed by atoms with Gasteiger partial charge < -0.3 is 5.11 Å². The van der Waals surface area contributed by atoms with Gasteiger partial charge in [-0.05, 0) is 50.5 Å². The topological polar surface area (TPSA) is 81.4 Å². The molecule has 1 aromatic carbocycles. The molecule has 0 radical (unpaired) electrons. The van der Waals surface area contributed by atoms with E-state index in [2.05, 4.69) is 0 Å². The predicted octanol–water partition coefficient (Wildman–Crippen LogP) is 1.40. The van der Waals surface area contributed by atoms with E-state index in [-0.39, 0.29) is 4.90 Å². The van der Waals surface area contributed by atoms with Crippen LogP contribution in [-0.2, 0) is 10.0 Å². The molecular weight excluding hydrogens is 276 g/mol. The van der Waals surface area contributed by atoms with E-state index in [0.717, 1.165) is 0 Å². The van der Waals surface area contributed by atoms with Crippen molar-refractivity contribution in [3.8, 4) is 6.07 Å². The molecule has 0 unspecified atom stereocenters. The number of aliphatic hydroxyl groups is 1. The van der Waals surface area contributed by atoms with E-state index >= 15 is 0 Å². The van der Waals surface area contributed by atoms with E-state index in [4.69, 9.17) is 5.26 Å². The first kappa shape index (κ1) is 15.0. The van der Waals surface area contributed by atoms with Crippen LogP contribution < -0.4 is 0 Å². The highest BCUT2D eigenvalue weighted by Crippen LogP contribution is 2.27. The molecule has 0 saturated carbocycles. The van der Waals surface area contributed by atoms with Crippen molar-refractivity contribution < 1.29 is 13.5 Å². The number of rotatable bonds is 2. The first-order chi connectivity index (χ1) is 9.26. The molecule has 0 spiro atoms. The quantitative estimate of drug-likeness (QED) is 0.894. The van der Waals surface area contributed by atoms with E-state index in [9.17, 15) is 13.5 Å². The second-order valence-corrected chi connectivity index (χ2v) is 7.40. The number of sulfonamides is 1. The van der Waals surface area contributed by atoms with E-state index < -0.39 is 15.6 Å². The molecule has 0 aliphatic carbocycles. The van der Waals surface area contributed by atoms with Gasteiger partial charge in [-0.15, -0.1) is 0 Å². The minimum Gasteiger partial charge on any atom is -0.390 e. The molecule has 0 amide bonds. The van der Waals surface area contributed by atoms with Crippen molar-refractivity contribution in [2.75, 3.05) is 13.1 Å². The van der Waals surface area contributed by atoms with E-state index in [0.29, 0.717) is 37.1 Å². The summed E-state index contributed by atoms with van der Waals surface area (Å²) in [6.45, 7) is 4.04. The molecule has 1 N–H and O–H groups in total. The lowest BCUT2D eigenvalue weighted by molar-refractivity contribution is 0.0126. The van der Waals surface area contributed by atoms with Gasteiger partial charge in [0, 0.05) is 13.1 Å². The fourth-order valence-corrected chi connectivity index (χ4v) is 4.00. The van der Waals surface area contributed by atoms with Gasteiger partial charge in [0.15, 0.2) is 0 Å². The Balaban J connectivity index is 2.30. The molecule has 1 heterocycles. The number of aryl methyl sites for hydroxylation is 1. The zero-order valence-electron chi connectivity index (χ0n) is 11.6. The molecule has 1 aromatic rings. The summed E-state index contributed by atoms with van der Waals surface area (Å²) in [6, 6.07) is 6.57. The van der Waals surface area contributed by atoms with E-state index in [1.54, 1.807) is 19.9 Å². The summed E-state index contributed by atoms with van der Waals surface area (Å²) in [7, 11) is -3.56. The Morgan fingerprint density at radius 1 is 1.35 bits per heavy atom. The van der Waals surface area contributed by atoms with Crippen molar-refractivity contribution in [2.24, 2.45) is 0 Å². The number of benzene rings is 1. The molecule has 1 aliphatic rings. The van der Waals surface area contributed by atoms with Crippen LogP contribution in [0.4, 0.5) is 0 Å². The largest absolute Gasteiger partial charge is 0.390 e. The van der Waals surface area contributed by atoms with Crippen LogP contribution in [-0.4, -0.2) is 36.5 Å². The molecule has 108 valence electrons. The van der Waals surface area contributed by atoms with Crippen LogP contribution in [0.2, 0.25) is 0 Å². The summed E-state index contributed by atoms with van der Waals surface area (Å²) in [4.78, 5) is 0.234. The summed E-state index contributed by atoms with van der Waals surface area (Å²) in [5.41, 5.74) is 0.232. The zero-order valence-corrected chi connectivity index (χ0v) is 12.4. The lowest BCUT2D eigenvalue weighted by Gasteiger charge is -2.35. The summed E-state index contributed by atoms with van der Waals surface area (Å²) < 4.78 is 26.6. The summed E-state index contributed by atoms with van der Waals surface area (Å²) in [5, 5.41) is 18.7. The van der Waals surface area contributed by atoms with Gasteiger partial charge in [-0.3, -0.25) is 0 Å². The Kier molecular flexibility index (Phi) is 3.87. The van der Waals surface area contributed by atoms with E-state index in [1.807, 2.05) is 6.07 Å². The molecule has 0 aromatic heterocycles. The van der Waals surface area contributed by atoms with Crippen LogP contribution in [0.1, 0.15) is 30.9 Å². The number of piperidine rings is 1. The maximum absolute atomic E-state index is 12.6. The van der Waals surface area contributed by atoms with Crippen LogP contribution in [0.3, 0.4) is 0 Å². The third kappa shape index (κ3) is 2.85. The van der Waals surface area contributed by atoms with Crippen molar-refractivity contribution >= 4 is 10.0 Å². The Morgan fingerprint density at radius 3 is 2.45 bits per heavy atom. The molecule has 1 fully saturated rings. The number of nitriles is 1. The number of hydrogen-bond donors (Lipinski definition) is 1. The summed E-state index contributed by atoms with van der Waals surface area (Å²) in [6.07, 6.45) is 0.864. The lowest BCUT2D eigenvalue weighted by atomic mass is 9.95. The Labute approximate surface area is 119 Å². The highest BCUT2D eigenvalue weighted by atomic mass is 32.2. The number of nitrogens with zero attached hydrogens (tertiary/aromatic N) is 2. The Morgan fingerprint density at radius 2 is 1.95 bits per heavy atom. The second-order valence-electron chi connectivity index (χ2n) is 5.49. The smallest absolute Gasteiger partial charge is 0.243 e. The van der Waals surface area contributed by atoms with Gasteiger partial charge >= 0.3 is 0 Å². The first-order valence-corrected chi connectivity index (χ1v) is 7.93. The van der Waals surface area contributed by atoms with Crippen molar-refractivity contribution in [1.29, 1.82) is 5.26 Å². The Hall–Kier alpha value is -1.42. The van der Waals surface area contributed by atoms with Crippen molar-refractivity contribution in [1.82, 2.24) is 4.31 Å². The van der Waals surface area contributed by atoms with Gasteiger partial charge in [0.05, 0.1) is 22.1 Å². The zero-order chi connectivity index (χ0) is 15.0. The van der Waals surface area contributed by atoms with Crippen LogP contribution in [0, 0.1) is 18.3 Å². The molecule has 1 saturated heterocycles. The van der Waals surface area contributed by atoms with Crippen molar-refractivity contribution in [3.63, 3.8) is 0 Å². The highest BCUT2D eigenvalue weighted by Gasteiger charge is 2.34. The Bertz CT molecular complexity index is 649. The highest BCUT2D eigenvalue weighted by molar-refractivity contribution is 7.89. The van der Waals surface area contributed by atoms with Crippen LogP contribution in [0.25, 0.3) is 0 Å². The maximum Gasteiger partial charge on any atom is 0.243 e. The monoisotopic (exact) mass is 294 g/mol. The standard InChI is InChI=1S/C14H18N2O3S/c1-11-9-12(10-15)3-4-13(11)20(18,19)16-7-5-14(2,17)6-8-16/h3-4,9,17H,5-8H2,1-2H3. The van der Waals surface area contributed by atoms with Gasteiger partial charge in [-0.25, -0.2) is 8.42 Å². The number of hydrogen-bond acceptors (Lipinski definition) is 4. The fraction of sp³-hybridized carbons (Fsp3) is 0.500. The predicted molar refractivity (Wildman–Crippen MR) is 74.5 cm³/mol. The SMILES string of the molecule is Cc1cc(C#N)ccc1S(=O)(=O)N1CCC(C)(O)CC1. The molecular formula is C14H18N2O3S. The van der Waals surface area contributed by atoms with Crippen molar-refractivity contribution in [2.45, 2.75) is 37.2 Å². The average Bonchev–Trinajstić information content (AvgIpc) is 2.37. The average molecular weight is 294 g/mol. The minimum absolute atomic E-state index is 0.234. The third-order valence-electron chi connectivity index (χ3n) is 3.72. The first-order valence-electron chi connectivity index (χ1n) is 6.49. The van der Waals surface area contributed by atoms with Crippen LogP contribution in [0.15, 0.2) is 23.1 Å². The van der Waals surface area contributed by atoms with Crippen LogP contribution >= 0.6 is 0 Å². The van der Waals surface area contributed by atoms with Crippen molar-refractivity contribution in [3.05, 3.63) is 29.3 Å². The van der Waals surface area contributed by atoms with Gasteiger partial charge in [-0.1, -0.05) is 0 Å². The molecule has 1 aliphatic heterocycles. The summed E-state index contributed by atoms with van der Waals surface area (Å²) in [5.74, 6) is 0. The third-order valence-corrected chi connectivity index (χ3v) is 5.78. The normalized spacial score (nSPS) is 19.5. The second kappa shape index (κ2) is 5.17. The molecule has 6 heteroatoms. The maximum atomic E-state index is 12.6. The molecule has 0 bridgehead atoms. The lowest BCUT2D eigenvalue weighted by Crippen LogP contribution is -2.45. The van der Waals surface area contributed by atoms with Gasteiger partial charge in [0.1, 0.15) is 0 Å². The molecule has 5 nitrogen and oxygen atoms in total. The summed E-state index contributed by atoms with van der Waals surface area (Å²) >= 11 is 0. The van der Waals surface area contributed by atoms with Crippen LogP contribution in [0.5, 0.6) is 0 Å². The van der Waals surface area contributed by atoms with Gasteiger partial charge in [0.25, 0.3) is 0 Å². The van der Waals surface area contributed by atoms with E-state index in [1.165, 1.54) is 16.4 Å². The van der Waals surface area contributed by atoms with Gasteiger partial charge in [-0.2, -0.15) is 9.57 Å².